The molecule has 0 bridgehead atoms. The molecule has 2 heterocycles. The van der Waals surface area contributed by atoms with Crippen LogP contribution in [0.2, 0.25) is 0 Å². The number of hydrogen-bond acceptors (Lipinski definition) is 3. The summed E-state index contributed by atoms with van der Waals surface area (Å²) >= 11 is 0. The second-order valence-electron chi connectivity index (χ2n) is 8.00. The Morgan fingerprint density at radius 1 is 1.10 bits per heavy atom. The zero-order valence-corrected chi connectivity index (χ0v) is 20.2. The van der Waals surface area contributed by atoms with Crippen molar-refractivity contribution >= 4 is 41.5 Å². The van der Waals surface area contributed by atoms with E-state index >= 15 is 0 Å². The Labute approximate surface area is 192 Å². The van der Waals surface area contributed by atoms with Crippen LogP contribution in [0.1, 0.15) is 45.1 Å². The van der Waals surface area contributed by atoms with Crippen molar-refractivity contribution in [3.05, 3.63) is 29.8 Å². The number of guanidine groups is 1. The first-order valence-corrected chi connectivity index (χ1v) is 10.8. The number of nitrogens with one attached hydrogen (secondary N) is 2. The number of aliphatic imine (C=N–C) groups is 1. The smallest absolute Gasteiger partial charge is 0.227 e. The number of hydrogen-bond donors (Lipinski definition) is 2. The second-order valence-corrected chi connectivity index (χ2v) is 8.00. The van der Waals surface area contributed by atoms with Gasteiger partial charge in [0.25, 0.3) is 0 Å². The molecule has 2 aliphatic heterocycles. The first kappa shape index (κ1) is 23.9. The predicted octanol–water partition coefficient (Wildman–Crippen LogP) is 3.22. The minimum absolute atomic E-state index is 0. The molecule has 1 amide bonds. The number of anilines is 1. The molecule has 2 aliphatic rings. The van der Waals surface area contributed by atoms with Crippen LogP contribution in [0, 0.1) is 5.92 Å². The van der Waals surface area contributed by atoms with Crippen LogP contribution in [0.25, 0.3) is 0 Å². The maximum Gasteiger partial charge on any atom is 0.227 e. The largest absolute Gasteiger partial charge is 0.357 e. The van der Waals surface area contributed by atoms with E-state index < -0.39 is 0 Å². The molecule has 2 fully saturated rings. The molecule has 7 heteroatoms. The van der Waals surface area contributed by atoms with Crippen molar-refractivity contribution in [3.63, 3.8) is 0 Å². The maximum atomic E-state index is 11.9. The van der Waals surface area contributed by atoms with Crippen molar-refractivity contribution < 1.29 is 4.79 Å². The van der Waals surface area contributed by atoms with Crippen LogP contribution in [0.3, 0.4) is 0 Å². The number of rotatable bonds is 8. The van der Waals surface area contributed by atoms with E-state index in [1.54, 1.807) is 0 Å². The molecule has 0 radical (unpaired) electrons. The standard InChI is InChI=1S/C22H35N5O.HI/c1-3-23-22(24-15-18(2)17-26-12-4-5-13-26)25-16-19-8-10-20(11-9-19)27-14-6-7-21(27)28;/h8-11,18H,3-7,12-17H2,1-2H3,(H2,23,24,25);1H. The van der Waals surface area contributed by atoms with Gasteiger partial charge in [-0.15, -0.1) is 24.0 Å². The Hall–Kier alpha value is -1.35. The molecule has 3 rings (SSSR count). The Bertz CT molecular complexity index is 658. The summed E-state index contributed by atoms with van der Waals surface area (Å²) in [4.78, 5) is 21.0. The summed E-state index contributed by atoms with van der Waals surface area (Å²) in [5, 5.41) is 6.82. The summed E-state index contributed by atoms with van der Waals surface area (Å²) in [5.41, 5.74) is 2.15. The lowest BCUT2D eigenvalue weighted by atomic mass is 10.1. The van der Waals surface area contributed by atoms with E-state index in [9.17, 15) is 4.79 Å². The van der Waals surface area contributed by atoms with Crippen LogP contribution in [-0.4, -0.2) is 56.0 Å². The highest BCUT2D eigenvalue weighted by Gasteiger charge is 2.21. The molecule has 1 aromatic carbocycles. The van der Waals surface area contributed by atoms with Gasteiger partial charge in [0.15, 0.2) is 5.96 Å². The highest BCUT2D eigenvalue weighted by Crippen LogP contribution is 2.21. The van der Waals surface area contributed by atoms with Gasteiger partial charge in [-0.2, -0.15) is 0 Å². The van der Waals surface area contributed by atoms with Gasteiger partial charge in [-0.25, -0.2) is 4.99 Å². The molecule has 29 heavy (non-hydrogen) atoms. The first-order valence-electron chi connectivity index (χ1n) is 10.8. The molecule has 0 saturated carbocycles. The number of benzene rings is 1. The number of halogens is 1. The third-order valence-corrected chi connectivity index (χ3v) is 5.47. The Kier molecular flexibility index (Phi) is 10.2. The average Bonchev–Trinajstić information content (AvgIpc) is 3.36. The van der Waals surface area contributed by atoms with Gasteiger partial charge in [0.1, 0.15) is 0 Å². The molecule has 0 aliphatic carbocycles. The van der Waals surface area contributed by atoms with Crippen LogP contribution in [0.5, 0.6) is 0 Å². The summed E-state index contributed by atoms with van der Waals surface area (Å²) in [6.07, 6.45) is 4.31. The average molecular weight is 513 g/mol. The number of likely N-dealkylation sites (tertiary alicyclic amines) is 1. The van der Waals surface area contributed by atoms with Gasteiger partial charge in [-0.1, -0.05) is 19.1 Å². The van der Waals surface area contributed by atoms with Gasteiger partial charge in [-0.3, -0.25) is 4.79 Å². The fourth-order valence-electron chi connectivity index (χ4n) is 3.96. The fourth-order valence-corrected chi connectivity index (χ4v) is 3.96. The Morgan fingerprint density at radius 3 is 2.45 bits per heavy atom. The summed E-state index contributed by atoms with van der Waals surface area (Å²) in [6.45, 7) is 11.3. The van der Waals surface area contributed by atoms with Gasteiger partial charge in [0.2, 0.25) is 5.91 Å². The lowest BCUT2D eigenvalue weighted by Gasteiger charge is -2.21. The van der Waals surface area contributed by atoms with E-state index in [1.807, 2.05) is 17.0 Å². The zero-order valence-electron chi connectivity index (χ0n) is 17.8. The second kappa shape index (κ2) is 12.4. The highest BCUT2D eigenvalue weighted by molar-refractivity contribution is 14.0. The van der Waals surface area contributed by atoms with Crippen molar-refractivity contribution in [3.8, 4) is 0 Å². The van der Waals surface area contributed by atoms with Crippen molar-refractivity contribution in [2.24, 2.45) is 10.9 Å². The summed E-state index contributed by atoms with van der Waals surface area (Å²) in [7, 11) is 0. The molecule has 6 nitrogen and oxygen atoms in total. The lowest BCUT2D eigenvalue weighted by molar-refractivity contribution is -0.117. The fraction of sp³-hybridized carbons (Fsp3) is 0.636. The van der Waals surface area contributed by atoms with E-state index in [4.69, 9.17) is 4.99 Å². The van der Waals surface area contributed by atoms with E-state index in [2.05, 4.69) is 41.5 Å². The number of amides is 1. The van der Waals surface area contributed by atoms with Crippen molar-refractivity contribution in [1.29, 1.82) is 0 Å². The van der Waals surface area contributed by atoms with Crippen LogP contribution in [0.15, 0.2) is 29.3 Å². The predicted molar refractivity (Wildman–Crippen MR) is 131 cm³/mol. The summed E-state index contributed by atoms with van der Waals surface area (Å²) in [6, 6.07) is 8.22. The minimum atomic E-state index is 0. The number of carbonyl (C=O) groups is 1. The normalized spacial score (nSPS) is 18.6. The van der Waals surface area contributed by atoms with Gasteiger partial charge in [-0.05, 0) is 62.9 Å². The molecule has 1 unspecified atom stereocenters. The Balaban J connectivity index is 0.00000300. The third kappa shape index (κ3) is 7.44. The van der Waals surface area contributed by atoms with Crippen LogP contribution >= 0.6 is 24.0 Å². The van der Waals surface area contributed by atoms with Crippen LogP contribution < -0.4 is 15.5 Å². The monoisotopic (exact) mass is 513 g/mol. The van der Waals surface area contributed by atoms with Crippen molar-refractivity contribution in [2.45, 2.75) is 46.1 Å². The molecule has 1 atom stereocenters. The van der Waals surface area contributed by atoms with E-state index in [0.29, 0.717) is 18.9 Å². The van der Waals surface area contributed by atoms with Crippen LogP contribution in [-0.2, 0) is 11.3 Å². The van der Waals surface area contributed by atoms with E-state index in [1.165, 1.54) is 25.9 Å². The van der Waals surface area contributed by atoms with Crippen molar-refractivity contribution in [2.75, 3.05) is 44.2 Å². The zero-order chi connectivity index (χ0) is 19.8. The maximum absolute atomic E-state index is 11.9. The molecule has 2 N–H and O–H groups in total. The summed E-state index contributed by atoms with van der Waals surface area (Å²) in [5.74, 6) is 1.70. The molecule has 0 spiro atoms. The molecular formula is C22H36IN5O. The minimum Gasteiger partial charge on any atom is -0.357 e. The molecular weight excluding hydrogens is 477 g/mol. The summed E-state index contributed by atoms with van der Waals surface area (Å²) < 4.78 is 0. The van der Waals surface area contributed by atoms with Crippen LogP contribution in [0.4, 0.5) is 5.69 Å². The van der Waals surface area contributed by atoms with E-state index in [0.717, 1.165) is 49.8 Å². The van der Waals surface area contributed by atoms with E-state index in [-0.39, 0.29) is 29.9 Å². The number of carbonyl (C=O) groups excluding carboxylic acids is 1. The first-order chi connectivity index (χ1) is 13.7. The quantitative estimate of drug-likeness (QED) is 0.319. The molecule has 2 saturated heterocycles. The molecule has 162 valence electrons. The Morgan fingerprint density at radius 2 is 1.83 bits per heavy atom. The SMILES string of the molecule is CCNC(=NCc1ccc(N2CCCC2=O)cc1)NCC(C)CN1CCCC1.I. The third-order valence-electron chi connectivity index (χ3n) is 5.47. The molecule has 0 aromatic heterocycles. The topological polar surface area (TPSA) is 60.0 Å². The van der Waals surface area contributed by atoms with Crippen molar-refractivity contribution in [1.82, 2.24) is 15.5 Å². The van der Waals surface area contributed by atoms with Gasteiger partial charge >= 0.3 is 0 Å². The number of nitrogens with zero attached hydrogens (tertiary/aromatic N) is 3. The highest BCUT2D eigenvalue weighted by atomic mass is 127. The van der Waals surface area contributed by atoms with Gasteiger partial charge in [0, 0.05) is 38.3 Å². The van der Waals surface area contributed by atoms with Gasteiger partial charge < -0.3 is 20.4 Å². The molecule has 1 aromatic rings. The lowest BCUT2D eigenvalue weighted by Crippen LogP contribution is -2.41. The van der Waals surface area contributed by atoms with Gasteiger partial charge in [0.05, 0.1) is 6.54 Å².